The molecule has 1 heterocycles. The van der Waals surface area contributed by atoms with E-state index in [2.05, 4.69) is 27.5 Å². The van der Waals surface area contributed by atoms with Gasteiger partial charge in [0.25, 0.3) is 5.56 Å². The molecule has 37 heavy (non-hydrogen) atoms. The molecule has 0 unspecified atom stereocenters. The van der Waals surface area contributed by atoms with Crippen molar-refractivity contribution in [3.05, 3.63) is 112 Å². The minimum absolute atomic E-state index is 0.0916. The van der Waals surface area contributed by atoms with E-state index in [4.69, 9.17) is 0 Å². The van der Waals surface area contributed by atoms with Crippen molar-refractivity contribution in [3.63, 3.8) is 0 Å². The first kappa shape index (κ1) is 25.4. The van der Waals surface area contributed by atoms with Gasteiger partial charge in [-0.3, -0.25) is 10.1 Å². The van der Waals surface area contributed by atoms with E-state index in [0.717, 1.165) is 29.7 Å². The van der Waals surface area contributed by atoms with Crippen LogP contribution < -0.4 is 16.2 Å². The van der Waals surface area contributed by atoms with Crippen molar-refractivity contribution >= 4 is 23.6 Å². The number of aromatic amines is 1. The zero-order valence-corrected chi connectivity index (χ0v) is 20.5. The van der Waals surface area contributed by atoms with Crippen molar-refractivity contribution in [2.24, 2.45) is 0 Å². The molecule has 3 aromatic carbocycles. The average molecular weight is 497 g/mol. The van der Waals surface area contributed by atoms with Gasteiger partial charge in [-0.2, -0.15) is 4.98 Å². The van der Waals surface area contributed by atoms with Crippen molar-refractivity contribution < 1.29 is 14.7 Å². The van der Waals surface area contributed by atoms with E-state index < -0.39 is 17.6 Å². The van der Waals surface area contributed by atoms with Gasteiger partial charge in [-0.25, -0.2) is 9.59 Å². The average Bonchev–Trinajstić information content (AvgIpc) is 2.90. The number of carboxylic acids is 1. The van der Waals surface area contributed by atoms with Gasteiger partial charge in [-0.1, -0.05) is 74.0 Å². The summed E-state index contributed by atoms with van der Waals surface area (Å²) < 4.78 is 0. The van der Waals surface area contributed by atoms with Gasteiger partial charge in [-0.15, -0.1) is 0 Å². The van der Waals surface area contributed by atoms with Crippen molar-refractivity contribution in [1.82, 2.24) is 9.97 Å². The zero-order chi connectivity index (χ0) is 26.2. The van der Waals surface area contributed by atoms with Gasteiger partial charge < -0.3 is 15.4 Å². The third-order valence-corrected chi connectivity index (χ3v) is 5.95. The van der Waals surface area contributed by atoms with E-state index in [0.29, 0.717) is 29.7 Å². The minimum Gasteiger partial charge on any atom is -0.478 e. The largest absolute Gasteiger partial charge is 0.478 e. The first-order valence-corrected chi connectivity index (χ1v) is 12.1. The first-order valence-electron chi connectivity index (χ1n) is 12.1. The number of carboxylic acid groups (broad SMARTS) is 1. The molecule has 0 bridgehead atoms. The van der Waals surface area contributed by atoms with Crippen molar-refractivity contribution in [2.45, 2.75) is 32.6 Å². The number of amides is 2. The lowest BCUT2D eigenvalue weighted by molar-refractivity contribution is 0.0697. The molecule has 0 aliphatic carbocycles. The molecule has 0 atom stereocenters. The number of unbranched alkanes of at least 4 members (excludes halogenated alkanes) is 1. The third kappa shape index (κ3) is 6.49. The smallest absolute Gasteiger partial charge is 0.336 e. The molecule has 0 saturated heterocycles. The molecule has 0 fully saturated rings. The second-order valence-corrected chi connectivity index (χ2v) is 8.62. The Morgan fingerprint density at radius 1 is 0.919 bits per heavy atom. The molecule has 4 N–H and O–H groups in total. The normalized spacial score (nSPS) is 10.6. The Hall–Kier alpha value is -4.72. The van der Waals surface area contributed by atoms with Gasteiger partial charge in [0, 0.05) is 23.4 Å². The topological polar surface area (TPSA) is 124 Å². The summed E-state index contributed by atoms with van der Waals surface area (Å²) in [5.41, 5.74) is 4.04. The van der Waals surface area contributed by atoms with Crippen LogP contribution in [0.5, 0.6) is 0 Å². The Morgan fingerprint density at radius 3 is 2.32 bits per heavy atom. The maximum absolute atomic E-state index is 13.0. The number of aryl methyl sites for hydroxylation is 1. The summed E-state index contributed by atoms with van der Waals surface area (Å²) in [5.74, 6) is -0.891. The molecule has 1 aromatic heterocycles. The van der Waals surface area contributed by atoms with Crippen LogP contribution in [0.15, 0.2) is 83.7 Å². The van der Waals surface area contributed by atoms with Crippen LogP contribution in [0.4, 0.5) is 16.4 Å². The number of carbonyl (C=O) groups excluding carboxylic acids is 1. The fourth-order valence-electron chi connectivity index (χ4n) is 4.07. The van der Waals surface area contributed by atoms with Crippen LogP contribution >= 0.6 is 0 Å². The molecule has 4 rings (SSSR count). The molecule has 8 heteroatoms. The number of nitrogens with zero attached hydrogens (tertiary/aromatic N) is 1. The Balaban J connectivity index is 1.55. The summed E-state index contributed by atoms with van der Waals surface area (Å²) in [6.45, 7) is 2.07. The monoisotopic (exact) mass is 496 g/mol. The van der Waals surface area contributed by atoms with Gasteiger partial charge in [0.2, 0.25) is 5.95 Å². The van der Waals surface area contributed by atoms with E-state index in [1.165, 1.54) is 0 Å². The van der Waals surface area contributed by atoms with Crippen LogP contribution in [0, 0.1) is 0 Å². The van der Waals surface area contributed by atoms with Crippen molar-refractivity contribution in [3.8, 4) is 11.1 Å². The van der Waals surface area contributed by atoms with E-state index >= 15 is 0 Å². The predicted octanol–water partition coefficient (Wildman–Crippen LogP) is 5.71. The van der Waals surface area contributed by atoms with Crippen LogP contribution in [0.3, 0.4) is 0 Å². The SMILES string of the molecule is CCCCc1[nH]c(NC(=O)Nc2ccccc2)nc(=O)c1Cc1ccc(-c2ccccc2C(=O)O)cc1. The van der Waals surface area contributed by atoms with Crippen LogP contribution in [0.25, 0.3) is 11.1 Å². The van der Waals surface area contributed by atoms with E-state index in [9.17, 15) is 19.5 Å². The number of urea groups is 1. The van der Waals surface area contributed by atoms with Gasteiger partial charge in [-0.05, 0) is 47.7 Å². The van der Waals surface area contributed by atoms with Crippen LogP contribution in [0.2, 0.25) is 0 Å². The number of rotatable bonds is 9. The predicted molar refractivity (Wildman–Crippen MR) is 144 cm³/mol. The molecule has 0 aliphatic heterocycles. The maximum atomic E-state index is 13.0. The highest BCUT2D eigenvalue weighted by atomic mass is 16.4. The highest BCUT2D eigenvalue weighted by molar-refractivity contribution is 5.98. The molecule has 0 aliphatic rings. The lowest BCUT2D eigenvalue weighted by atomic mass is 9.96. The van der Waals surface area contributed by atoms with Crippen molar-refractivity contribution in [1.29, 1.82) is 0 Å². The number of hydrogen-bond acceptors (Lipinski definition) is 4. The van der Waals surface area contributed by atoms with Gasteiger partial charge in [0.15, 0.2) is 0 Å². The molecule has 0 saturated carbocycles. The molecule has 2 amide bonds. The molecule has 0 radical (unpaired) electrons. The number of hydrogen-bond donors (Lipinski definition) is 4. The summed E-state index contributed by atoms with van der Waals surface area (Å²) in [6, 6.07) is 22.8. The van der Waals surface area contributed by atoms with Gasteiger partial charge in [0.05, 0.1) is 5.56 Å². The summed E-state index contributed by atoms with van der Waals surface area (Å²) in [7, 11) is 0. The maximum Gasteiger partial charge on any atom is 0.336 e. The number of H-pyrrole nitrogens is 1. The van der Waals surface area contributed by atoms with Crippen LogP contribution in [-0.4, -0.2) is 27.1 Å². The fourth-order valence-corrected chi connectivity index (χ4v) is 4.07. The van der Waals surface area contributed by atoms with Crippen LogP contribution in [-0.2, 0) is 12.8 Å². The standard InChI is InChI=1S/C29H28N4O4/c1-2-3-13-25-24(26(34)32-28(31-25)33-29(37)30-21-9-5-4-6-10-21)18-19-14-16-20(17-15-19)22-11-7-8-12-23(22)27(35)36/h4-12,14-17H,2-3,13,18H2,1H3,(H,35,36)(H3,30,31,32,33,34,37). The minimum atomic E-state index is -0.982. The summed E-state index contributed by atoms with van der Waals surface area (Å²) >= 11 is 0. The second kappa shape index (κ2) is 11.8. The molecule has 8 nitrogen and oxygen atoms in total. The third-order valence-electron chi connectivity index (χ3n) is 5.95. The lowest BCUT2D eigenvalue weighted by Crippen LogP contribution is -2.26. The van der Waals surface area contributed by atoms with E-state index in [1.54, 1.807) is 36.4 Å². The number of benzene rings is 3. The number of aromatic carboxylic acids is 1. The number of para-hydroxylation sites is 1. The molecular formula is C29H28N4O4. The number of nitrogens with one attached hydrogen (secondary N) is 3. The number of carbonyl (C=O) groups is 2. The van der Waals surface area contributed by atoms with E-state index in [1.807, 2.05) is 42.5 Å². The van der Waals surface area contributed by atoms with Crippen molar-refractivity contribution in [2.75, 3.05) is 10.6 Å². The Kier molecular flexibility index (Phi) is 8.10. The highest BCUT2D eigenvalue weighted by Gasteiger charge is 2.15. The summed E-state index contributed by atoms with van der Waals surface area (Å²) in [6.07, 6.45) is 2.81. The fraction of sp³-hybridized carbons (Fsp3) is 0.172. The van der Waals surface area contributed by atoms with Gasteiger partial charge >= 0.3 is 12.0 Å². The zero-order valence-electron chi connectivity index (χ0n) is 20.5. The Bertz CT molecular complexity index is 1450. The molecular weight excluding hydrogens is 468 g/mol. The first-order chi connectivity index (χ1) is 17.9. The lowest BCUT2D eigenvalue weighted by Gasteiger charge is -2.13. The summed E-state index contributed by atoms with van der Waals surface area (Å²) in [4.78, 5) is 44.2. The van der Waals surface area contributed by atoms with E-state index in [-0.39, 0.29) is 11.5 Å². The number of aromatic nitrogens is 2. The molecule has 4 aromatic rings. The van der Waals surface area contributed by atoms with Gasteiger partial charge in [0.1, 0.15) is 0 Å². The summed E-state index contributed by atoms with van der Waals surface area (Å²) in [5, 5.41) is 14.8. The Morgan fingerprint density at radius 2 is 1.62 bits per heavy atom. The quantitative estimate of drug-likeness (QED) is 0.236. The molecule has 188 valence electrons. The molecule has 0 spiro atoms. The Labute approximate surface area is 214 Å². The second-order valence-electron chi connectivity index (χ2n) is 8.62. The number of anilines is 2. The van der Waals surface area contributed by atoms with Crippen LogP contribution in [0.1, 0.15) is 46.9 Å². The highest BCUT2D eigenvalue weighted by Crippen LogP contribution is 2.25.